The number of ether oxygens (including phenoxy) is 1. The number of rotatable bonds is 6. The summed E-state index contributed by atoms with van der Waals surface area (Å²) >= 11 is 0. The van der Waals surface area contributed by atoms with Crippen molar-refractivity contribution in [3.8, 4) is 5.75 Å². The van der Waals surface area contributed by atoms with E-state index in [1.54, 1.807) is 12.1 Å². The molecule has 94 valence electrons. The van der Waals surface area contributed by atoms with Crippen LogP contribution in [0.5, 0.6) is 5.75 Å². The molecule has 0 aromatic heterocycles. The first-order chi connectivity index (χ1) is 8.12. The molecule has 17 heavy (non-hydrogen) atoms. The van der Waals surface area contributed by atoms with Gasteiger partial charge in [0.15, 0.2) is 5.75 Å². The van der Waals surface area contributed by atoms with E-state index in [-0.39, 0.29) is 17.5 Å². The molecule has 1 unspecified atom stereocenters. The summed E-state index contributed by atoms with van der Waals surface area (Å²) in [6, 6.07) is 4.83. The van der Waals surface area contributed by atoms with Crippen LogP contribution < -0.4 is 15.8 Å². The molecule has 1 aromatic rings. The van der Waals surface area contributed by atoms with E-state index < -0.39 is 4.92 Å². The number of anilines is 1. The van der Waals surface area contributed by atoms with Gasteiger partial charge in [0, 0.05) is 30.4 Å². The van der Waals surface area contributed by atoms with E-state index in [0.29, 0.717) is 6.54 Å². The Hall–Kier alpha value is -1.82. The quantitative estimate of drug-likeness (QED) is 0.583. The second-order valence-corrected chi connectivity index (χ2v) is 3.63. The molecule has 6 nitrogen and oxygen atoms in total. The number of methoxy groups -OCH3 is 1. The first kappa shape index (κ1) is 13.2. The summed E-state index contributed by atoms with van der Waals surface area (Å²) in [6.07, 6.45) is 0.885. The Morgan fingerprint density at radius 2 is 2.29 bits per heavy atom. The van der Waals surface area contributed by atoms with Gasteiger partial charge in [-0.05, 0) is 12.5 Å². The zero-order valence-electron chi connectivity index (χ0n) is 9.97. The fourth-order valence-corrected chi connectivity index (χ4v) is 1.48. The summed E-state index contributed by atoms with van der Waals surface area (Å²) in [5, 5.41) is 13.9. The lowest BCUT2D eigenvalue weighted by molar-refractivity contribution is -0.385. The molecule has 0 aliphatic rings. The summed E-state index contributed by atoms with van der Waals surface area (Å²) in [7, 11) is 1.41. The number of nitrogens with one attached hydrogen (secondary N) is 1. The first-order valence-electron chi connectivity index (χ1n) is 5.41. The Kier molecular flexibility index (Phi) is 4.71. The van der Waals surface area contributed by atoms with E-state index in [1.165, 1.54) is 13.2 Å². The van der Waals surface area contributed by atoms with E-state index in [1.807, 2.05) is 6.92 Å². The van der Waals surface area contributed by atoms with Gasteiger partial charge in [-0.2, -0.15) is 0 Å². The van der Waals surface area contributed by atoms with E-state index in [2.05, 4.69) is 5.32 Å². The van der Waals surface area contributed by atoms with Gasteiger partial charge in [-0.3, -0.25) is 10.1 Å². The summed E-state index contributed by atoms with van der Waals surface area (Å²) in [5.74, 6) is 0.242. The highest BCUT2D eigenvalue weighted by atomic mass is 16.6. The van der Waals surface area contributed by atoms with Gasteiger partial charge >= 0.3 is 5.69 Å². The van der Waals surface area contributed by atoms with Crippen molar-refractivity contribution in [2.24, 2.45) is 5.73 Å². The molecule has 0 saturated heterocycles. The molecule has 0 amide bonds. The first-order valence-corrected chi connectivity index (χ1v) is 5.41. The second-order valence-electron chi connectivity index (χ2n) is 3.63. The molecule has 1 rings (SSSR count). The van der Waals surface area contributed by atoms with Gasteiger partial charge in [0.1, 0.15) is 0 Å². The maximum Gasteiger partial charge on any atom is 0.311 e. The predicted octanol–water partition coefficient (Wildman–Crippen LogP) is 1.75. The summed E-state index contributed by atoms with van der Waals surface area (Å²) in [6.45, 7) is 2.53. The highest BCUT2D eigenvalue weighted by molar-refractivity contribution is 5.58. The van der Waals surface area contributed by atoms with Crippen molar-refractivity contribution in [2.45, 2.75) is 19.4 Å². The van der Waals surface area contributed by atoms with Crippen molar-refractivity contribution in [2.75, 3.05) is 19.0 Å². The van der Waals surface area contributed by atoms with Crippen LogP contribution in [0.15, 0.2) is 18.2 Å². The monoisotopic (exact) mass is 239 g/mol. The average molecular weight is 239 g/mol. The molecule has 0 aliphatic carbocycles. The molecule has 0 bridgehead atoms. The van der Waals surface area contributed by atoms with Crippen molar-refractivity contribution >= 4 is 11.4 Å². The Morgan fingerprint density at radius 1 is 1.59 bits per heavy atom. The Morgan fingerprint density at radius 3 is 2.76 bits per heavy atom. The third kappa shape index (κ3) is 3.32. The number of nitrogens with two attached hydrogens (primary N) is 1. The van der Waals surface area contributed by atoms with Gasteiger partial charge in [0.2, 0.25) is 0 Å². The zero-order chi connectivity index (χ0) is 12.8. The molecule has 0 spiro atoms. The minimum atomic E-state index is -0.469. The molecule has 6 heteroatoms. The molecule has 1 aromatic carbocycles. The SMILES string of the molecule is CCC(CN)Nc1ccc([N+](=O)[O-])c(OC)c1. The predicted molar refractivity (Wildman–Crippen MR) is 66.4 cm³/mol. The highest BCUT2D eigenvalue weighted by Gasteiger charge is 2.15. The van der Waals surface area contributed by atoms with Crippen LogP contribution in [0.2, 0.25) is 0 Å². The largest absolute Gasteiger partial charge is 0.490 e. The Bertz CT molecular complexity index is 392. The second kappa shape index (κ2) is 6.05. The average Bonchev–Trinajstić information content (AvgIpc) is 2.35. The summed E-state index contributed by atoms with van der Waals surface area (Å²) in [5.41, 5.74) is 6.30. The van der Waals surface area contributed by atoms with Gasteiger partial charge in [0.25, 0.3) is 0 Å². The van der Waals surface area contributed by atoms with Gasteiger partial charge in [-0.1, -0.05) is 6.92 Å². The number of hydrogen-bond acceptors (Lipinski definition) is 5. The number of benzene rings is 1. The molecule has 0 heterocycles. The number of nitro benzene ring substituents is 1. The van der Waals surface area contributed by atoms with Crippen LogP contribution in [0.25, 0.3) is 0 Å². The molecule has 0 saturated carbocycles. The van der Waals surface area contributed by atoms with E-state index >= 15 is 0 Å². The van der Waals surface area contributed by atoms with Crippen LogP contribution in [0.3, 0.4) is 0 Å². The van der Waals surface area contributed by atoms with E-state index in [4.69, 9.17) is 10.5 Å². The third-order valence-corrected chi connectivity index (χ3v) is 2.52. The minimum absolute atomic E-state index is 0.0427. The zero-order valence-corrected chi connectivity index (χ0v) is 9.97. The maximum atomic E-state index is 10.7. The van der Waals surface area contributed by atoms with E-state index in [0.717, 1.165) is 12.1 Å². The Balaban J connectivity index is 2.93. The van der Waals surface area contributed by atoms with Crippen LogP contribution in [0.4, 0.5) is 11.4 Å². The standard InChI is InChI=1S/C11H17N3O3/c1-3-8(7-12)13-9-4-5-10(14(15)16)11(6-9)17-2/h4-6,8,13H,3,7,12H2,1-2H3. The molecular formula is C11H17N3O3. The maximum absolute atomic E-state index is 10.7. The van der Waals surface area contributed by atoms with Crippen molar-refractivity contribution < 1.29 is 9.66 Å². The van der Waals surface area contributed by atoms with Crippen LogP contribution in [-0.2, 0) is 0 Å². The number of nitrogens with zero attached hydrogens (tertiary/aromatic N) is 1. The van der Waals surface area contributed by atoms with Gasteiger partial charge in [-0.25, -0.2) is 0 Å². The summed E-state index contributed by atoms with van der Waals surface area (Å²) < 4.78 is 4.98. The van der Waals surface area contributed by atoms with Crippen LogP contribution in [0.1, 0.15) is 13.3 Å². The molecule has 0 radical (unpaired) electrons. The Labute approximate surface area is 99.9 Å². The van der Waals surface area contributed by atoms with Gasteiger partial charge in [-0.15, -0.1) is 0 Å². The fraction of sp³-hybridized carbons (Fsp3) is 0.455. The lowest BCUT2D eigenvalue weighted by atomic mass is 10.2. The van der Waals surface area contributed by atoms with Gasteiger partial charge in [0.05, 0.1) is 12.0 Å². The molecule has 1 atom stereocenters. The molecule has 3 N–H and O–H groups in total. The van der Waals surface area contributed by atoms with Crippen molar-refractivity contribution in [3.05, 3.63) is 28.3 Å². The normalized spacial score (nSPS) is 11.9. The van der Waals surface area contributed by atoms with Crippen molar-refractivity contribution in [1.29, 1.82) is 0 Å². The lowest BCUT2D eigenvalue weighted by Crippen LogP contribution is -2.27. The smallest absolute Gasteiger partial charge is 0.311 e. The number of hydrogen-bond donors (Lipinski definition) is 2. The van der Waals surface area contributed by atoms with Crippen LogP contribution in [-0.4, -0.2) is 24.6 Å². The molecular weight excluding hydrogens is 222 g/mol. The topological polar surface area (TPSA) is 90.4 Å². The van der Waals surface area contributed by atoms with Crippen LogP contribution in [0, 0.1) is 10.1 Å². The van der Waals surface area contributed by atoms with Crippen LogP contribution >= 0.6 is 0 Å². The van der Waals surface area contributed by atoms with Crippen molar-refractivity contribution in [1.82, 2.24) is 0 Å². The van der Waals surface area contributed by atoms with Gasteiger partial charge < -0.3 is 15.8 Å². The summed E-state index contributed by atoms with van der Waals surface area (Å²) in [4.78, 5) is 10.2. The molecule has 0 aliphatic heterocycles. The molecule has 0 fully saturated rings. The lowest BCUT2D eigenvalue weighted by Gasteiger charge is -2.16. The van der Waals surface area contributed by atoms with Crippen molar-refractivity contribution in [3.63, 3.8) is 0 Å². The number of nitro groups is 1. The minimum Gasteiger partial charge on any atom is -0.490 e. The van der Waals surface area contributed by atoms with E-state index in [9.17, 15) is 10.1 Å². The third-order valence-electron chi connectivity index (χ3n) is 2.52. The fourth-order valence-electron chi connectivity index (χ4n) is 1.48. The highest BCUT2D eigenvalue weighted by Crippen LogP contribution is 2.29.